The quantitative estimate of drug-likeness (QED) is 0.837. The average molecular weight is 312 g/mol. The Morgan fingerprint density at radius 2 is 1.86 bits per heavy atom. The molecule has 0 aliphatic rings. The molecule has 0 heterocycles. The van der Waals surface area contributed by atoms with Gasteiger partial charge in [-0.15, -0.1) is 0 Å². The van der Waals surface area contributed by atoms with Crippen molar-refractivity contribution in [2.75, 3.05) is 5.32 Å². The van der Waals surface area contributed by atoms with Crippen LogP contribution in [0, 0.1) is 11.6 Å². The summed E-state index contributed by atoms with van der Waals surface area (Å²) in [6, 6.07) is 9.14. The van der Waals surface area contributed by atoms with E-state index in [4.69, 9.17) is 16.3 Å². The maximum absolute atomic E-state index is 13.1. The number of halogens is 3. The molecule has 2 nitrogen and oxygen atoms in total. The van der Waals surface area contributed by atoms with Crippen LogP contribution in [0.3, 0.4) is 0 Å². The Morgan fingerprint density at radius 1 is 1.10 bits per heavy atom. The van der Waals surface area contributed by atoms with Crippen molar-refractivity contribution in [2.45, 2.75) is 26.5 Å². The molecular weight excluding hydrogens is 296 g/mol. The maximum atomic E-state index is 13.1. The Kier molecular flexibility index (Phi) is 5.02. The predicted molar refractivity (Wildman–Crippen MR) is 80.9 cm³/mol. The Morgan fingerprint density at radius 3 is 2.48 bits per heavy atom. The Bertz CT molecular complexity index is 632. The molecule has 1 N–H and O–H groups in total. The molecule has 0 amide bonds. The lowest BCUT2D eigenvalue weighted by atomic mass is 10.2. The summed E-state index contributed by atoms with van der Waals surface area (Å²) in [5.41, 5.74) is 1.42. The molecule has 2 aromatic rings. The van der Waals surface area contributed by atoms with Crippen LogP contribution in [0.1, 0.15) is 19.4 Å². The molecule has 0 unspecified atom stereocenters. The molecule has 0 saturated heterocycles. The van der Waals surface area contributed by atoms with Gasteiger partial charge in [0.2, 0.25) is 0 Å². The molecule has 5 heteroatoms. The van der Waals surface area contributed by atoms with Gasteiger partial charge >= 0.3 is 0 Å². The minimum Gasteiger partial charge on any atom is -0.489 e. The van der Waals surface area contributed by atoms with Crippen molar-refractivity contribution in [1.29, 1.82) is 0 Å². The van der Waals surface area contributed by atoms with E-state index in [1.165, 1.54) is 12.1 Å². The predicted octanol–water partition coefficient (Wildman–Crippen LogP) is 5.02. The molecule has 0 saturated carbocycles. The first-order chi connectivity index (χ1) is 9.95. The smallest absolute Gasteiger partial charge is 0.159 e. The van der Waals surface area contributed by atoms with Crippen molar-refractivity contribution in [3.63, 3.8) is 0 Å². The van der Waals surface area contributed by atoms with E-state index in [1.54, 1.807) is 12.1 Å². The Labute approximate surface area is 127 Å². The molecule has 2 rings (SSSR count). The summed E-state index contributed by atoms with van der Waals surface area (Å²) < 4.78 is 31.5. The molecule has 0 aliphatic heterocycles. The van der Waals surface area contributed by atoms with Gasteiger partial charge in [0.25, 0.3) is 0 Å². The molecular formula is C16H16ClF2NO. The summed E-state index contributed by atoms with van der Waals surface area (Å²) in [5.74, 6) is -1.09. The van der Waals surface area contributed by atoms with E-state index >= 15 is 0 Å². The molecule has 2 aromatic carbocycles. The first-order valence-corrected chi connectivity index (χ1v) is 6.97. The van der Waals surface area contributed by atoms with Crippen molar-refractivity contribution < 1.29 is 13.5 Å². The SMILES string of the molecule is CC(C)Oc1ccc(NCc2ccc(F)c(F)c2)cc1Cl. The Hall–Kier alpha value is -1.81. The molecule has 0 spiro atoms. The van der Waals surface area contributed by atoms with Gasteiger partial charge in [-0.2, -0.15) is 0 Å². The van der Waals surface area contributed by atoms with Crippen LogP contribution in [0.25, 0.3) is 0 Å². The van der Waals surface area contributed by atoms with Crippen LogP contribution in [-0.2, 0) is 6.54 Å². The third kappa shape index (κ3) is 4.33. The van der Waals surface area contributed by atoms with E-state index in [0.29, 0.717) is 22.9 Å². The third-order valence-corrected chi connectivity index (χ3v) is 3.07. The van der Waals surface area contributed by atoms with E-state index in [0.717, 1.165) is 11.8 Å². The molecule has 21 heavy (non-hydrogen) atoms. The standard InChI is InChI=1S/C16H16ClF2NO/c1-10(2)21-16-6-4-12(8-13(16)17)20-9-11-3-5-14(18)15(19)7-11/h3-8,10,20H,9H2,1-2H3. The van der Waals surface area contributed by atoms with Crippen LogP contribution in [0.5, 0.6) is 5.75 Å². The van der Waals surface area contributed by atoms with Gasteiger partial charge in [-0.3, -0.25) is 0 Å². The van der Waals surface area contributed by atoms with Crippen molar-refractivity contribution >= 4 is 17.3 Å². The van der Waals surface area contributed by atoms with E-state index in [-0.39, 0.29) is 6.10 Å². The fraction of sp³-hybridized carbons (Fsp3) is 0.250. The first kappa shape index (κ1) is 15.6. The second kappa shape index (κ2) is 6.76. The van der Waals surface area contributed by atoms with Gasteiger partial charge in [-0.1, -0.05) is 17.7 Å². The van der Waals surface area contributed by atoms with Crippen LogP contribution >= 0.6 is 11.6 Å². The summed E-state index contributed by atoms with van der Waals surface area (Å²) in [7, 11) is 0. The lowest BCUT2D eigenvalue weighted by molar-refractivity contribution is 0.242. The molecule has 112 valence electrons. The summed E-state index contributed by atoms with van der Waals surface area (Å²) in [6.45, 7) is 4.22. The zero-order chi connectivity index (χ0) is 15.4. The van der Waals surface area contributed by atoms with Gasteiger partial charge in [0.15, 0.2) is 11.6 Å². The van der Waals surface area contributed by atoms with Gasteiger partial charge < -0.3 is 10.1 Å². The number of anilines is 1. The fourth-order valence-electron chi connectivity index (χ4n) is 1.81. The minimum absolute atomic E-state index is 0.0449. The molecule has 0 radical (unpaired) electrons. The zero-order valence-electron chi connectivity index (χ0n) is 11.8. The Balaban J connectivity index is 2.03. The normalized spacial score (nSPS) is 10.8. The first-order valence-electron chi connectivity index (χ1n) is 6.59. The van der Waals surface area contributed by atoms with Gasteiger partial charge in [-0.25, -0.2) is 8.78 Å². The summed E-state index contributed by atoms with van der Waals surface area (Å²) >= 11 is 6.13. The lowest BCUT2D eigenvalue weighted by Gasteiger charge is -2.13. The van der Waals surface area contributed by atoms with Crippen LogP contribution in [0.15, 0.2) is 36.4 Å². The molecule has 0 fully saturated rings. The second-order valence-electron chi connectivity index (χ2n) is 4.91. The van der Waals surface area contributed by atoms with E-state index in [1.807, 2.05) is 19.9 Å². The number of ether oxygens (including phenoxy) is 1. The molecule has 0 aliphatic carbocycles. The highest BCUT2D eigenvalue weighted by Gasteiger charge is 2.06. The number of hydrogen-bond acceptors (Lipinski definition) is 2. The maximum Gasteiger partial charge on any atom is 0.159 e. The van der Waals surface area contributed by atoms with Crippen molar-refractivity contribution in [1.82, 2.24) is 0 Å². The molecule has 0 bridgehead atoms. The van der Waals surface area contributed by atoms with Gasteiger partial charge in [0.05, 0.1) is 11.1 Å². The highest BCUT2D eigenvalue weighted by atomic mass is 35.5. The van der Waals surface area contributed by atoms with Crippen molar-refractivity contribution in [3.8, 4) is 5.75 Å². The van der Waals surface area contributed by atoms with Crippen molar-refractivity contribution in [2.24, 2.45) is 0 Å². The fourth-order valence-corrected chi connectivity index (χ4v) is 2.04. The van der Waals surface area contributed by atoms with Gasteiger partial charge in [0, 0.05) is 12.2 Å². The average Bonchev–Trinajstić information content (AvgIpc) is 2.42. The lowest BCUT2D eigenvalue weighted by Crippen LogP contribution is -2.06. The monoisotopic (exact) mass is 311 g/mol. The van der Waals surface area contributed by atoms with Crippen LogP contribution in [0.2, 0.25) is 5.02 Å². The zero-order valence-corrected chi connectivity index (χ0v) is 12.5. The topological polar surface area (TPSA) is 21.3 Å². The minimum atomic E-state index is -0.854. The van der Waals surface area contributed by atoms with Crippen molar-refractivity contribution in [3.05, 3.63) is 58.6 Å². The van der Waals surface area contributed by atoms with Gasteiger partial charge in [0.1, 0.15) is 5.75 Å². The highest BCUT2D eigenvalue weighted by Crippen LogP contribution is 2.28. The third-order valence-electron chi connectivity index (χ3n) is 2.78. The number of benzene rings is 2. The molecule has 0 atom stereocenters. The molecule has 0 aromatic heterocycles. The second-order valence-corrected chi connectivity index (χ2v) is 5.32. The summed E-state index contributed by atoms with van der Waals surface area (Å²) in [6.07, 6.45) is 0.0449. The van der Waals surface area contributed by atoms with E-state index in [9.17, 15) is 8.78 Å². The highest BCUT2D eigenvalue weighted by molar-refractivity contribution is 6.32. The van der Waals surface area contributed by atoms with Crippen LogP contribution in [0.4, 0.5) is 14.5 Å². The largest absolute Gasteiger partial charge is 0.489 e. The number of rotatable bonds is 5. The summed E-state index contributed by atoms with van der Waals surface area (Å²) in [4.78, 5) is 0. The van der Waals surface area contributed by atoms with E-state index in [2.05, 4.69) is 5.32 Å². The number of hydrogen-bond donors (Lipinski definition) is 1. The van der Waals surface area contributed by atoms with Gasteiger partial charge in [-0.05, 0) is 49.7 Å². The summed E-state index contributed by atoms with van der Waals surface area (Å²) in [5, 5.41) is 3.60. The number of nitrogens with one attached hydrogen (secondary N) is 1. The van der Waals surface area contributed by atoms with Crippen LogP contribution < -0.4 is 10.1 Å². The van der Waals surface area contributed by atoms with E-state index < -0.39 is 11.6 Å². The van der Waals surface area contributed by atoms with Crippen LogP contribution in [-0.4, -0.2) is 6.10 Å².